The van der Waals surface area contributed by atoms with Gasteiger partial charge in [0.2, 0.25) is 0 Å². The van der Waals surface area contributed by atoms with Gasteiger partial charge in [-0.15, -0.1) is 10.1 Å². The van der Waals surface area contributed by atoms with Gasteiger partial charge in [0.25, 0.3) is 5.09 Å². The molecule has 10 heteroatoms. The zero-order valence-corrected chi connectivity index (χ0v) is 10.7. The fourth-order valence-corrected chi connectivity index (χ4v) is 2.21. The largest absolute Gasteiger partial charge is 0.371 e. The molecule has 2 N–H and O–H groups in total. The van der Waals surface area contributed by atoms with Gasteiger partial charge < -0.3 is 24.9 Å². The number of carbonyl (C=O) groups excluding carboxylic acids is 2. The summed E-state index contributed by atoms with van der Waals surface area (Å²) in [6.07, 6.45) is -1.87. The van der Waals surface area contributed by atoms with Crippen molar-refractivity contribution in [2.75, 3.05) is 19.8 Å². The molecular formula is C10H15N3O7. The van der Waals surface area contributed by atoms with Crippen molar-refractivity contribution in [2.24, 2.45) is 0 Å². The fraction of sp³-hybridized carbons (Fsp3) is 0.800. The third kappa shape index (κ3) is 3.33. The Morgan fingerprint density at radius 2 is 2.05 bits per heavy atom. The minimum absolute atomic E-state index is 0.0313. The molecule has 2 aliphatic heterocycles. The van der Waals surface area contributed by atoms with E-state index in [1.165, 1.54) is 6.92 Å². The highest BCUT2D eigenvalue weighted by Gasteiger charge is 2.49. The van der Waals surface area contributed by atoms with E-state index in [2.05, 4.69) is 15.5 Å². The zero-order valence-electron chi connectivity index (χ0n) is 10.7. The minimum atomic E-state index is -0.889. The van der Waals surface area contributed by atoms with Crippen LogP contribution in [-0.2, 0) is 19.1 Å². The Morgan fingerprint density at radius 1 is 1.35 bits per heavy atom. The average Bonchev–Trinajstić information content (AvgIpc) is 2.91. The van der Waals surface area contributed by atoms with Crippen molar-refractivity contribution in [1.82, 2.24) is 10.6 Å². The number of ether oxygens (including phenoxy) is 2. The molecule has 2 heterocycles. The summed E-state index contributed by atoms with van der Waals surface area (Å²) >= 11 is 0. The molecule has 0 aromatic carbocycles. The van der Waals surface area contributed by atoms with Gasteiger partial charge in [-0.25, -0.2) is 4.79 Å². The zero-order chi connectivity index (χ0) is 14.7. The van der Waals surface area contributed by atoms with Crippen molar-refractivity contribution in [3.05, 3.63) is 10.1 Å². The highest BCUT2D eigenvalue weighted by atomic mass is 17.0. The molecule has 0 radical (unpaired) electrons. The van der Waals surface area contributed by atoms with E-state index in [0.29, 0.717) is 0 Å². The molecule has 0 aromatic rings. The van der Waals surface area contributed by atoms with Gasteiger partial charge in [0, 0.05) is 0 Å². The molecule has 2 fully saturated rings. The van der Waals surface area contributed by atoms with Crippen LogP contribution in [0, 0.1) is 10.1 Å². The van der Waals surface area contributed by atoms with Gasteiger partial charge >= 0.3 is 6.03 Å². The van der Waals surface area contributed by atoms with Crippen molar-refractivity contribution < 1.29 is 29.0 Å². The van der Waals surface area contributed by atoms with Crippen LogP contribution in [0.2, 0.25) is 0 Å². The van der Waals surface area contributed by atoms with E-state index in [0.717, 1.165) is 0 Å². The highest BCUT2D eigenvalue weighted by Crippen LogP contribution is 2.28. The second-order valence-corrected chi connectivity index (χ2v) is 4.60. The Bertz CT molecular complexity index is 416. The first-order valence-corrected chi connectivity index (χ1v) is 6.05. The molecule has 2 amide bonds. The Kier molecular flexibility index (Phi) is 4.35. The van der Waals surface area contributed by atoms with E-state index in [1.807, 2.05) is 0 Å². The maximum atomic E-state index is 11.5. The number of nitrogens with zero attached hydrogens (tertiary/aromatic N) is 1. The van der Waals surface area contributed by atoms with Crippen molar-refractivity contribution in [3.63, 3.8) is 0 Å². The monoisotopic (exact) mass is 289 g/mol. The summed E-state index contributed by atoms with van der Waals surface area (Å²) in [5, 5.41) is 14.4. The average molecular weight is 289 g/mol. The Balaban J connectivity index is 1.83. The molecule has 0 unspecified atom stereocenters. The number of carbonyl (C=O) groups is 2. The van der Waals surface area contributed by atoms with Gasteiger partial charge in [-0.2, -0.15) is 0 Å². The smallest absolute Gasteiger partial charge is 0.315 e. The van der Waals surface area contributed by atoms with Crippen LogP contribution in [0.15, 0.2) is 0 Å². The van der Waals surface area contributed by atoms with Crippen LogP contribution in [0.25, 0.3) is 0 Å². The summed E-state index contributed by atoms with van der Waals surface area (Å²) in [7, 11) is 0. The van der Waals surface area contributed by atoms with Crippen molar-refractivity contribution in [1.29, 1.82) is 0 Å². The summed E-state index contributed by atoms with van der Waals surface area (Å²) < 4.78 is 10.7. The first-order chi connectivity index (χ1) is 9.47. The number of nitrogens with one attached hydrogen (secondary N) is 2. The molecule has 2 saturated heterocycles. The first kappa shape index (κ1) is 14.5. The Labute approximate surface area is 113 Å². The van der Waals surface area contributed by atoms with Gasteiger partial charge in [-0.1, -0.05) is 0 Å². The van der Waals surface area contributed by atoms with Crippen LogP contribution in [0.1, 0.15) is 6.92 Å². The number of rotatable bonds is 5. The number of fused-ring (bicyclic) bond motifs is 1. The molecule has 0 spiro atoms. The van der Waals surface area contributed by atoms with Gasteiger partial charge in [-0.3, -0.25) is 4.79 Å². The topological polar surface area (TPSA) is 129 Å². The standard InChI is InChI=1S/C10H15N3O7/c1-5(14)2-11-10(15)12-6-3-18-9-7(20-13(16)17)4-19-8(6)9/h6-9H,2-4H2,1H3,(H2,11,12,15)/t6-,7+,8+,9+/m0/s1. The third-order valence-corrected chi connectivity index (χ3v) is 3.04. The Morgan fingerprint density at radius 3 is 2.70 bits per heavy atom. The summed E-state index contributed by atoms with van der Waals surface area (Å²) in [5.74, 6) is -0.169. The number of hydrogen-bond acceptors (Lipinski definition) is 7. The molecule has 0 saturated carbocycles. The lowest BCUT2D eigenvalue weighted by Gasteiger charge is -2.17. The van der Waals surface area contributed by atoms with E-state index < -0.39 is 35.5 Å². The second kappa shape index (κ2) is 6.01. The lowest BCUT2D eigenvalue weighted by Crippen LogP contribution is -2.49. The quantitative estimate of drug-likeness (QED) is 0.471. The molecule has 2 aliphatic rings. The molecule has 0 aromatic heterocycles. The summed E-state index contributed by atoms with van der Waals surface area (Å²) in [5.41, 5.74) is 0. The summed E-state index contributed by atoms with van der Waals surface area (Å²) in [6.45, 7) is 1.49. The van der Waals surface area contributed by atoms with Crippen molar-refractivity contribution in [3.8, 4) is 0 Å². The predicted octanol–water partition coefficient (Wildman–Crippen LogP) is -1.38. The van der Waals surface area contributed by atoms with Gasteiger partial charge in [0.1, 0.15) is 18.0 Å². The van der Waals surface area contributed by atoms with Crippen LogP contribution in [0.3, 0.4) is 0 Å². The van der Waals surface area contributed by atoms with Crippen LogP contribution in [0.4, 0.5) is 4.79 Å². The molecule has 4 atom stereocenters. The maximum Gasteiger partial charge on any atom is 0.315 e. The second-order valence-electron chi connectivity index (χ2n) is 4.60. The normalized spacial score (nSPS) is 31.4. The van der Waals surface area contributed by atoms with Crippen LogP contribution < -0.4 is 10.6 Å². The predicted molar refractivity (Wildman–Crippen MR) is 62.4 cm³/mol. The van der Waals surface area contributed by atoms with E-state index in [4.69, 9.17) is 9.47 Å². The number of ketones is 1. The molecule has 2 rings (SSSR count). The molecule has 0 bridgehead atoms. The first-order valence-electron chi connectivity index (χ1n) is 6.05. The Hall–Kier alpha value is -1.94. The number of amides is 2. The summed E-state index contributed by atoms with van der Waals surface area (Å²) in [6, 6.07) is -0.955. The van der Waals surface area contributed by atoms with Crippen LogP contribution in [0.5, 0.6) is 0 Å². The van der Waals surface area contributed by atoms with Gasteiger partial charge in [0.05, 0.1) is 25.8 Å². The molecule has 0 aliphatic carbocycles. The van der Waals surface area contributed by atoms with E-state index >= 15 is 0 Å². The molecule has 10 nitrogen and oxygen atoms in total. The fourth-order valence-electron chi connectivity index (χ4n) is 2.21. The van der Waals surface area contributed by atoms with E-state index in [-0.39, 0.29) is 25.5 Å². The molecule has 20 heavy (non-hydrogen) atoms. The lowest BCUT2D eigenvalue weighted by molar-refractivity contribution is -0.769. The maximum absolute atomic E-state index is 11.5. The van der Waals surface area contributed by atoms with Gasteiger partial charge in [-0.05, 0) is 6.92 Å². The SMILES string of the molecule is CC(=O)CNC(=O)N[C@H]1CO[C@H]2[C@@H]1OC[C@H]2O[N+](=O)[O-]. The number of hydrogen-bond donors (Lipinski definition) is 2. The van der Waals surface area contributed by atoms with Crippen LogP contribution in [-0.4, -0.2) is 61.0 Å². The minimum Gasteiger partial charge on any atom is -0.371 e. The lowest BCUT2D eigenvalue weighted by atomic mass is 10.1. The highest BCUT2D eigenvalue weighted by molar-refractivity contribution is 5.83. The molecule has 112 valence electrons. The number of Topliss-reactive ketones (excluding diaryl/α,β-unsaturated/α-hetero) is 1. The third-order valence-electron chi connectivity index (χ3n) is 3.04. The van der Waals surface area contributed by atoms with Crippen molar-refractivity contribution >= 4 is 11.8 Å². The van der Waals surface area contributed by atoms with E-state index in [9.17, 15) is 19.7 Å². The van der Waals surface area contributed by atoms with Gasteiger partial charge in [0.15, 0.2) is 6.10 Å². The number of urea groups is 1. The van der Waals surface area contributed by atoms with Crippen molar-refractivity contribution in [2.45, 2.75) is 31.3 Å². The van der Waals surface area contributed by atoms with Crippen LogP contribution >= 0.6 is 0 Å². The molecular weight excluding hydrogens is 274 g/mol. The van der Waals surface area contributed by atoms with E-state index in [1.54, 1.807) is 0 Å². The summed E-state index contributed by atoms with van der Waals surface area (Å²) in [4.78, 5) is 37.0.